The summed E-state index contributed by atoms with van der Waals surface area (Å²) in [6.45, 7) is 5.21. The Hall–Kier alpha value is -0.200. The number of nitrogens with two attached hydrogens (primary N) is 1. The van der Waals surface area contributed by atoms with E-state index < -0.39 is 0 Å². The summed E-state index contributed by atoms with van der Waals surface area (Å²) in [4.78, 5) is 0. The second-order valence-electron chi connectivity index (χ2n) is 6.54. The lowest BCUT2D eigenvalue weighted by atomic mass is 9.79. The van der Waals surface area contributed by atoms with Crippen molar-refractivity contribution in [1.29, 1.82) is 0 Å². The van der Waals surface area contributed by atoms with Crippen molar-refractivity contribution in [3.63, 3.8) is 0 Å². The normalized spacial score (nSPS) is 37.2. The highest BCUT2D eigenvalue weighted by Gasteiger charge is 2.47. The first-order valence-electron chi connectivity index (χ1n) is 8.07. The third kappa shape index (κ3) is 3.02. The lowest BCUT2D eigenvalue weighted by Gasteiger charge is -2.42. The average Bonchev–Trinajstić information content (AvgIpc) is 3.21. The molecule has 3 aliphatic rings. The highest BCUT2D eigenvalue weighted by molar-refractivity contribution is 4.98. The fourth-order valence-electron chi connectivity index (χ4n) is 3.88. The number of hydrogen-bond acceptors (Lipinski definition) is 5. The van der Waals surface area contributed by atoms with E-state index in [-0.39, 0.29) is 17.7 Å². The third-order valence-electron chi connectivity index (χ3n) is 5.10. The fraction of sp³-hybridized carbons (Fsp3) is 1.00. The van der Waals surface area contributed by atoms with Crippen molar-refractivity contribution < 1.29 is 14.2 Å². The van der Waals surface area contributed by atoms with E-state index in [4.69, 9.17) is 20.1 Å². The molecular weight excluding hydrogens is 256 g/mol. The minimum absolute atomic E-state index is 0.0572. The van der Waals surface area contributed by atoms with Crippen molar-refractivity contribution in [3.05, 3.63) is 0 Å². The number of nitrogens with one attached hydrogen (secondary N) is 1. The molecule has 3 fully saturated rings. The van der Waals surface area contributed by atoms with Crippen LogP contribution in [0.15, 0.2) is 0 Å². The van der Waals surface area contributed by atoms with Gasteiger partial charge in [0.1, 0.15) is 0 Å². The standard InChI is InChI=1S/C15H28N2O3/c1-2-19-14(11-3-4-11)13(17-16)12-5-7-20-15(9-12)6-8-18-10-15/h11-14,17H,2-10,16H2,1H3. The van der Waals surface area contributed by atoms with Crippen LogP contribution in [0.4, 0.5) is 0 Å². The van der Waals surface area contributed by atoms with Crippen LogP contribution in [-0.2, 0) is 14.2 Å². The molecule has 2 heterocycles. The molecule has 1 saturated carbocycles. The molecule has 4 unspecified atom stereocenters. The Morgan fingerprint density at radius 1 is 1.30 bits per heavy atom. The number of rotatable bonds is 6. The van der Waals surface area contributed by atoms with E-state index in [0.717, 1.165) is 45.7 Å². The Kier molecular flexibility index (Phi) is 4.62. The minimum atomic E-state index is -0.0572. The van der Waals surface area contributed by atoms with Crippen LogP contribution >= 0.6 is 0 Å². The molecule has 0 aromatic rings. The first-order chi connectivity index (χ1) is 9.78. The first-order valence-corrected chi connectivity index (χ1v) is 8.07. The molecule has 116 valence electrons. The first kappa shape index (κ1) is 14.7. The van der Waals surface area contributed by atoms with Crippen molar-refractivity contribution in [2.75, 3.05) is 26.4 Å². The van der Waals surface area contributed by atoms with Crippen LogP contribution in [0.25, 0.3) is 0 Å². The van der Waals surface area contributed by atoms with Gasteiger partial charge in [-0.3, -0.25) is 11.3 Å². The highest BCUT2D eigenvalue weighted by atomic mass is 16.6. The molecule has 3 N–H and O–H groups in total. The molecule has 0 radical (unpaired) electrons. The van der Waals surface area contributed by atoms with Crippen LogP contribution in [0, 0.1) is 11.8 Å². The average molecular weight is 284 g/mol. The van der Waals surface area contributed by atoms with Gasteiger partial charge in [-0.2, -0.15) is 0 Å². The Morgan fingerprint density at radius 3 is 2.75 bits per heavy atom. The maximum atomic E-state index is 6.03. The SMILES string of the molecule is CCOC(C1CC1)C(NN)C1CCOC2(CCOC2)C1. The molecule has 2 saturated heterocycles. The van der Waals surface area contributed by atoms with Gasteiger partial charge in [0.2, 0.25) is 0 Å². The van der Waals surface area contributed by atoms with E-state index >= 15 is 0 Å². The van der Waals surface area contributed by atoms with Crippen molar-refractivity contribution in [2.24, 2.45) is 17.7 Å². The van der Waals surface area contributed by atoms with E-state index in [1.165, 1.54) is 12.8 Å². The van der Waals surface area contributed by atoms with Crippen molar-refractivity contribution in [1.82, 2.24) is 5.43 Å². The van der Waals surface area contributed by atoms with Gasteiger partial charge in [0.25, 0.3) is 0 Å². The Balaban J connectivity index is 1.67. The van der Waals surface area contributed by atoms with Gasteiger partial charge >= 0.3 is 0 Å². The van der Waals surface area contributed by atoms with Gasteiger partial charge in [-0.15, -0.1) is 0 Å². The predicted octanol–water partition coefficient (Wildman–Crippen LogP) is 1.22. The topological polar surface area (TPSA) is 65.7 Å². The summed E-state index contributed by atoms with van der Waals surface area (Å²) in [5, 5.41) is 0. The molecule has 1 aliphatic carbocycles. The lowest BCUT2D eigenvalue weighted by Crippen LogP contribution is -2.55. The van der Waals surface area contributed by atoms with Gasteiger partial charge in [0.05, 0.1) is 24.4 Å². The number of hydrazine groups is 1. The van der Waals surface area contributed by atoms with Crippen molar-refractivity contribution >= 4 is 0 Å². The fourth-order valence-corrected chi connectivity index (χ4v) is 3.88. The van der Waals surface area contributed by atoms with Crippen LogP contribution in [0.5, 0.6) is 0 Å². The Morgan fingerprint density at radius 2 is 2.15 bits per heavy atom. The highest BCUT2D eigenvalue weighted by Crippen LogP contribution is 2.42. The molecule has 2 aliphatic heterocycles. The monoisotopic (exact) mass is 284 g/mol. The van der Waals surface area contributed by atoms with Crippen LogP contribution in [0.1, 0.15) is 39.0 Å². The molecule has 0 aromatic carbocycles. The van der Waals surface area contributed by atoms with Gasteiger partial charge in [-0.1, -0.05) is 0 Å². The van der Waals surface area contributed by atoms with E-state index in [1.54, 1.807) is 0 Å². The molecule has 20 heavy (non-hydrogen) atoms. The van der Waals surface area contributed by atoms with Gasteiger partial charge in [-0.05, 0) is 44.4 Å². The zero-order valence-corrected chi connectivity index (χ0v) is 12.5. The predicted molar refractivity (Wildman–Crippen MR) is 76.1 cm³/mol. The number of hydrogen-bond donors (Lipinski definition) is 2. The van der Waals surface area contributed by atoms with Crippen LogP contribution in [0.2, 0.25) is 0 Å². The Bertz CT molecular complexity index is 316. The zero-order chi connectivity index (χ0) is 14.0. The molecule has 5 nitrogen and oxygen atoms in total. The summed E-state index contributed by atoms with van der Waals surface area (Å²) >= 11 is 0. The maximum absolute atomic E-state index is 6.03. The molecule has 0 amide bonds. The van der Waals surface area contributed by atoms with E-state index in [0.29, 0.717) is 11.8 Å². The van der Waals surface area contributed by atoms with Gasteiger partial charge < -0.3 is 14.2 Å². The maximum Gasteiger partial charge on any atom is 0.0939 e. The Labute approximate surface area is 121 Å². The summed E-state index contributed by atoms with van der Waals surface area (Å²) in [6, 6.07) is 0.240. The summed E-state index contributed by atoms with van der Waals surface area (Å²) in [5.41, 5.74) is 3.01. The smallest absolute Gasteiger partial charge is 0.0939 e. The second-order valence-corrected chi connectivity index (χ2v) is 6.54. The van der Waals surface area contributed by atoms with E-state index in [9.17, 15) is 0 Å². The van der Waals surface area contributed by atoms with E-state index in [2.05, 4.69) is 12.3 Å². The van der Waals surface area contributed by atoms with Crippen LogP contribution in [0.3, 0.4) is 0 Å². The molecule has 0 aromatic heterocycles. The molecule has 1 spiro atoms. The molecular formula is C15H28N2O3. The van der Waals surface area contributed by atoms with Gasteiger partial charge in [0.15, 0.2) is 0 Å². The van der Waals surface area contributed by atoms with Crippen LogP contribution < -0.4 is 11.3 Å². The molecule has 0 bridgehead atoms. The number of ether oxygens (including phenoxy) is 3. The third-order valence-corrected chi connectivity index (χ3v) is 5.10. The van der Waals surface area contributed by atoms with E-state index in [1.807, 2.05) is 0 Å². The molecule has 5 heteroatoms. The van der Waals surface area contributed by atoms with Gasteiger partial charge in [-0.25, -0.2) is 0 Å². The summed E-state index contributed by atoms with van der Waals surface area (Å²) in [6.07, 6.45) is 5.93. The van der Waals surface area contributed by atoms with Crippen LogP contribution in [-0.4, -0.2) is 44.2 Å². The summed E-state index contributed by atoms with van der Waals surface area (Å²) < 4.78 is 17.6. The molecule has 4 atom stereocenters. The van der Waals surface area contributed by atoms with Crippen molar-refractivity contribution in [3.8, 4) is 0 Å². The van der Waals surface area contributed by atoms with Crippen molar-refractivity contribution in [2.45, 2.75) is 56.8 Å². The summed E-state index contributed by atoms with van der Waals surface area (Å²) in [7, 11) is 0. The largest absolute Gasteiger partial charge is 0.378 e. The minimum Gasteiger partial charge on any atom is -0.378 e. The summed E-state index contributed by atoms with van der Waals surface area (Å²) in [5.74, 6) is 7.10. The second kappa shape index (κ2) is 6.28. The lowest BCUT2D eigenvalue weighted by molar-refractivity contribution is -0.114. The van der Waals surface area contributed by atoms with Gasteiger partial charge in [0, 0.05) is 26.2 Å². The zero-order valence-electron chi connectivity index (χ0n) is 12.5. The molecule has 3 rings (SSSR count). The quantitative estimate of drug-likeness (QED) is 0.567.